The molecule has 24 heavy (non-hydrogen) atoms. The lowest BCUT2D eigenvalue weighted by molar-refractivity contribution is -0.149. The van der Waals surface area contributed by atoms with E-state index in [-0.39, 0.29) is 17.4 Å². The molecule has 0 fully saturated rings. The molecule has 0 radical (unpaired) electrons. The van der Waals surface area contributed by atoms with Gasteiger partial charge in [0.2, 0.25) is 0 Å². The van der Waals surface area contributed by atoms with Gasteiger partial charge in [-0.1, -0.05) is 37.6 Å². The van der Waals surface area contributed by atoms with Crippen molar-refractivity contribution in [1.29, 1.82) is 0 Å². The molecule has 0 saturated heterocycles. The van der Waals surface area contributed by atoms with Crippen LogP contribution in [-0.2, 0) is 19.1 Å². The molecule has 0 aliphatic carbocycles. The third kappa shape index (κ3) is 12.7. The van der Waals surface area contributed by atoms with Gasteiger partial charge in [-0.05, 0) is 48.5 Å². The van der Waals surface area contributed by atoms with Crippen molar-refractivity contribution >= 4 is 11.9 Å². The van der Waals surface area contributed by atoms with E-state index in [9.17, 15) is 9.59 Å². The van der Waals surface area contributed by atoms with E-state index in [1.165, 1.54) is 12.2 Å². The smallest absolute Gasteiger partial charge is 0.331 e. The predicted molar refractivity (Wildman–Crippen MR) is 97.5 cm³/mol. The second-order valence-electron chi connectivity index (χ2n) is 8.44. The first kappa shape index (κ1) is 22.2. The lowest BCUT2D eigenvalue weighted by atomic mass is 9.90. The van der Waals surface area contributed by atoms with Gasteiger partial charge in [-0.3, -0.25) is 0 Å². The van der Waals surface area contributed by atoms with Crippen molar-refractivity contribution in [2.45, 2.75) is 73.5 Å². The van der Waals surface area contributed by atoms with Crippen LogP contribution in [-0.4, -0.2) is 23.1 Å². The Kier molecular flexibility index (Phi) is 7.68. The number of esters is 2. The van der Waals surface area contributed by atoms with E-state index >= 15 is 0 Å². The Labute approximate surface area is 146 Å². The van der Waals surface area contributed by atoms with Crippen LogP contribution in [0.25, 0.3) is 0 Å². The SMILES string of the molecule is CC(/C=C/C(=O)OC(C)(C)C)=C\C(C)(C)/C=C/C(=O)OC(C)(C)C. The van der Waals surface area contributed by atoms with Gasteiger partial charge in [-0.2, -0.15) is 0 Å². The van der Waals surface area contributed by atoms with Crippen LogP contribution < -0.4 is 0 Å². The van der Waals surface area contributed by atoms with E-state index < -0.39 is 11.2 Å². The van der Waals surface area contributed by atoms with Gasteiger partial charge >= 0.3 is 11.9 Å². The molecular formula is C20H32O4. The molecule has 136 valence electrons. The summed E-state index contributed by atoms with van der Waals surface area (Å²) < 4.78 is 10.5. The van der Waals surface area contributed by atoms with Crippen LogP contribution in [0.1, 0.15) is 62.3 Å². The zero-order chi connectivity index (χ0) is 19.2. The average molecular weight is 336 g/mol. The Bertz CT molecular complexity index is 535. The Morgan fingerprint density at radius 1 is 0.708 bits per heavy atom. The van der Waals surface area contributed by atoms with Gasteiger partial charge in [0.15, 0.2) is 0 Å². The summed E-state index contributed by atoms with van der Waals surface area (Å²) in [4.78, 5) is 23.4. The molecule has 0 bridgehead atoms. The molecule has 0 aliphatic rings. The van der Waals surface area contributed by atoms with E-state index in [2.05, 4.69) is 0 Å². The highest BCUT2D eigenvalue weighted by molar-refractivity contribution is 5.83. The molecule has 0 N–H and O–H groups in total. The molecule has 0 saturated carbocycles. The summed E-state index contributed by atoms with van der Waals surface area (Å²) in [6.45, 7) is 16.8. The fourth-order valence-electron chi connectivity index (χ4n) is 1.84. The van der Waals surface area contributed by atoms with Crippen LogP contribution in [0, 0.1) is 5.41 Å². The summed E-state index contributed by atoms with van der Waals surface area (Å²) in [5.74, 6) is -0.747. The van der Waals surface area contributed by atoms with Crippen LogP contribution >= 0.6 is 0 Å². The van der Waals surface area contributed by atoms with E-state index in [1.807, 2.05) is 68.4 Å². The molecule has 4 nitrogen and oxygen atoms in total. The zero-order valence-electron chi connectivity index (χ0n) is 16.5. The monoisotopic (exact) mass is 336 g/mol. The van der Waals surface area contributed by atoms with Crippen molar-refractivity contribution in [3.8, 4) is 0 Å². The van der Waals surface area contributed by atoms with Crippen LogP contribution in [0.3, 0.4) is 0 Å². The van der Waals surface area contributed by atoms with Crippen LogP contribution in [0.15, 0.2) is 36.0 Å². The Hall–Kier alpha value is -1.84. The van der Waals surface area contributed by atoms with E-state index in [1.54, 1.807) is 12.2 Å². The lowest BCUT2D eigenvalue weighted by Crippen LogP contribution is -2.22. The summed E-state index contributed by atoms with van der Waals surface area (Å²) in [6, 6.07) is 0. The van der Waals surface area contributed by atoms with Crippen molar-refractivity contribution in [3.63, 3.8) is 0 Å². The molecule has 0 spiro atoms. The fourth-order valence-corrected chi connectivity index (χ4v) is 1.84. The second kappa shape index (κ2) is 8.32. The molecule has 0 amide bonds. The van der Waals surface area contributed by atoms with Gasteiger partial charge in [0.25, 0.3) is 0 Å². The first-order valence-electron chi connectivity index (χ1n) is 8.12. The highest BCUT2D eigenvalue weighted by Crippen LogP contribution is 2.22. The average Bonchev–Trinajstić information content (AvgIpc) is 2.29. The van der Waals surface area contributed by atoms with Gasteiger partial charge in [0.1, 0.15) is 11.2 Å². The van der Waals surface area contributed by atoms with E-state index in [4.69, 9.17) is 9.47 Å². The maximum Gasteiger partial charge on any atom is 0.331 e. The Balaban J connectivity index is 4.84. The number of rotatable bonds is 5. The van der Waals surface area contributed by atoms with Gasteiger partial charge in [-0.25, -0.2) is 9.59 Å². The fraction of sp³-hybridized carbons (Fsp3) is 0.600. The number of hydrogen-bond donors (Lipinski definition) is 0. The Morgan fingerprint density at radius 2 is 1.12 bits per heavy atom. The number of carbonyl (C=O) groups excluding carboxylic acids is 2. The quantitative estimate of drug-likeness (QED) is 0.413. The standard InChI is InChI=1S/C20H32O4/c1-15(10-11-16(21)23-18(2,3)4)14-20(8,9)13-12-17(22)24-19(5,6)7/h10-14H,1-9H3/b11-10+,13-12+,15-14+. The minimum absolute atomic E-state index is 0.348. The van der Waals surface area contributed by atoms with Crippen LogP contribution in [0.5, 0.6) is 0 Å². The maximum atomic E-state index is 11.7. The normalized spacial score (nSPS) is 14.3. The molecule has 0 atom stereocenters. The summed E-state index contributed by atoms with van der Waals surface area (Å²) in [7, 11) is 0. The van der Waals surface area contributed by atoms with Gasteiger partial charge < -0.3 is 9.47 Å². The van der Waals surface area contributed by atoms with Crippen molar-refractivity contribution < 1.29 is 19.1 Å². The largest absolute Gasteiger partial charge is 0.457 e. The number of allylic oxidation sites excluding steroid dienone is 4. The summed E-state index contributed by atoms with van der Waals surface area (Å²) in [6.07, 6.45) is 8.30. The molecule has 4 heteroatoms. The van der Waals surface area contributed by atoms with E-state index in [0.717, 1.165) is 5.57 Å². The molecule has 0 aromatic rings. The van der Waals surface area contributed by atoms with Crippen molar-refractivity contribution in [2.75, 3.05) is 0 Å². The highest BCUT2D eigenvalue weighted by Gasteiger charge is 2.16. The summed E-state index contributed by atoms with van der Waals surface area (Å²) in [5.41, 5.74) is -0.457. The molecule has 0 heterocycles. The summed E-state index contributed by atoms with van der Waals surface area (Å²) in [5, 5.41) is 0. The summed E-state index contributed by atoms with van der Waals surface area (Å²) >= 11 is 0. The third-order valence-electron chi connectivity index (χ3n) is 2.54. The third-order valence-corrected chi connectivity index (χ3v) is 2.54. The Morgan fingerprint density at radius 3 is 1.54 bits per heavy atom. The molecular weight excluding hydrogens is 304 g/mol. The van der Waals surface area contributed by atoms with Crippen LogP contribution in [0.2, 0.25) is 0 Å². The molecule has 0 unspecified atom stereocenters. The van der Waals surface area contributed by atoms with Crippen molar-refractivity contribution in [1.82, 2.24) is 0 Å². The van der Waals surface area contributed by atoms with Gasteiger partial charge in [-0.15, -0.1) is 0 Å². The predicted octanol–water partition coefficient (Wildman–Crippen LogP) is 4.75. The lowest BCUT2D eigenvalue weighted by Gasteiger charge is -2.19. The van der Waals surface area contributed by atoms with Crippen molar-refractivity contribution in [3.05, 3.63) is 36.0 Å². The minimum atomic E-state index is -0.506. The minimum Gasteiger partial charge on any atom is -0.457 e. The van der Waals surface area contributed by atoms with Gasteiger partial charge in [0, 0.05) is 17.6 Å². The highest BCUT2D eigenvalue weighted by atomic mass is 16.6. The zero-order valence-corrected chi connectivity index (χ0v) is 16.5. The molecule has 0 aliphatic heterocycles. The number of carbonyl (C=O) groups is 2. The van der Waals surface area contributed by atoms with Crippen LogP contribution in [0.4, 0.5) is 0 Å². The molecule has 0 aromatic carbocycles. The first-order valence-corrected chi connectivity index (χ1v) is 8.12. The second-order valence-corrected chi connectivity index (χ2v) is 8.44. The maximum absolute atomic E-state index is 11.7. The van der Waals surface area contributed by atoms with Crippen molar-refractivity contribution in [2.24, 2.45) is 5.41 Å². The molecule has 0 rings (SSSR count). The first-order chi connectivity index (χ1) is 10.6. The topological polar surface area (TPSA) is 52.6 Å². The van der Waals surface area contributed by atoms with E-state index in [0.29, 0.717) is 0 Å². The number of hydrogen-bond acceptors (Lipinski definition) is 4. The number of ether oxygens (including phenoxy) is 2. The molecule has 0 aromatic heterocycles. The van der Waals surface area contributed by atoms with Gasteiger partial charge in [0.05, 0.1) is 0 Å².